The van der Waals surface area contributed by atoms with Gasteiger partial charge < -0.3 is 4.98 Å². The summed E-state index contributed by atoms with van der Waals surface area (Å²) in [6.07, 6.45) is 4.41. The Balaban J connectivity index is 1.41. The molecule has 0 fully saturated rings. The summed E-state index contributed by atoms with van der Waals surface area (Å²) in [5, 5.41) is 4.64. The highest BCUT2D eigenvalue weighted by Gasteiger charge is 2.18. The van der Waals surface area contributed by atoms with Crippen LogP contribution < -0.4 is 0 Å². The monoisotopic (exact) mass is 430 g/mol. The van der Waals surface area contributed by atoms with Gasteiger partial charge in [0, 0.05) is 23.4 Å². The Morgan fingerprint density at radius 1 is 0.903 bits per heavy atom. The largest absolute Gasteiger partial charge is 0.341 e. The lowest BCUT2D eigenvalue weighted by Crippen LogP contribution is -2.02. The minimum absolute atomic E-state index is 0.0913. The molecule has 0 spiro atoms. The number of hydrogen-bond donors (Lipinski definition) is 2. The van der Waals surface area contributed by atoms with Crippen LogP contribution in [0.4, 0.5) is 0 Å². The smallest absolute Gasteiger partial charge is 0.120 e. The van der Waals surface area contributed by atoms with Crippen molar-refractivity contribution in [3.63, 3.8) is 0 Å². The van der Waals surface area contributed by atoms with Gasteiger partial charge in [0.15, 0.2) is 0 Å². The first-order chi connectivity index (χ1) is 15.1. The predicted molar refractivity (Wildman–Crippen MR) is 131 cm³/mol. The zero-order chi connectivity index (χ0) is 21.6. The molecule has 0 amide bonds. The molecule has 0 saturated heterocycles. The van der Waals surface area contributed by atoms with Crippen molar-refractivity contribution >= 4 is 12.6 Å². The van der Waals surface area contributed by atoms with Gasteiger partial charge in [-0.05, 0) is 32.8 Å². The fourth-order valence-corrected chi connectivity index (χ4v) is 4.29. The van der Waals surface area contributed by atoms with E-state index in [0.29, 0.717) is 0 Å². The second-order valence-corrected chi connectivity index (χ2v) is 8.72. The fourth-order valence-electron chi connectivity index (χ4n) is 3.98. The van der Waals surface area contributed by atoms with Crippen LogP contribution in [-0.4, -0.2) is 19.7 Å². The van der Waals surface area contributed by atoms with Crippen LogP contribution >= 0.6 is 12.6 Å². The molecule has 2 aromatic heterocycles. The number of unbranched alkanes of at least 4 members (excludes halogenated alkanes) is 2. The van der Waals surface area contributed by atoms with Gasteiger partial charge in [-0.2, -0.15) is 17.7 Å². The molecule has 0 saturated carbocycles. The van der Waals surface area contributed by atoms with Gasteiger partial charge in [0.1, 0.15) is 5.82 Å². The van der Waals surface area contributed by atoms with E-state index >= 15 is 0 Å². The van der Waals surface area contributed by atoms with Gasteiger partial charge in [-0.1, -0.05) is 73.5 Å². The van der Waals surface area contributed by atoms with Gasteiger partial charge in [0.2, 0.25) is 0 Å². The molecule has 160 valence electrons. The van der Waals surface area contributed by atoms with Crippen molar-refractivity contribution in [2.24, 2.45) is 0 Å². The van der Waals surface area contributed by atoms with Gasteiger partial charge in [-0.3, -0.25) is 4.68 Å². The van der Waals surface area contributed by atoms with Gasteiger partial charge in [0.05, 0.1) is 22.3 Å². The van der Waals surface area contributed by atoms with E-state index in [4.69, 9.17) is 17.6 Å². The molecule has 1 unspecified atom stereocenters. The summed E-state index contributed by atoms with van der Waals surface area (Å²) >= 11 is 4.89. The van der Waals surface area contributed by atoms with Crippen molar-refractivity contribution in [1.29, 1.82) is 0 Å². The lowest BCUT2D eigenvalue weighted by Gasteiger charge is -2.08. The second-order valence-electron chi connectivity index (χ2n) is 8.09. The third-order valence-electron chi connectivity index (χ3n) is 5.60. The van der Waals surface area contributed by atoms with E-state index in [2.05, 4.69) is 76.3 Å². The number of benzene rings is 2. The molecule has 4 nitrogen and oxygen atoms in total. The van der Waals surface area contributed by atoms with Crippen LogP contribution in [-0.2, 0) is 6.54 Å². The standard InChI is InChI=1S/C26H30N4S/c1-19-18-20(2)30(29-19)17-11-5-10-16-23(31)26-27-24(21-12-6-3-7-13-21)25(28-26)22-14-8-4-9-15-22/h3-4,6-9,12-15,18,23,31H,5,10-11,16-17H2,1-2H3,(H,27,28). The number of nitrogens with one attached hydrogen (secondary N) is 1. The zero-order valence-electron chi connectivity index (χ0n) is 18.3. The highest BCUT2D eigenvalue weighted by atomic mass is 32.1. The third kappa shape index (κ3) is 5.28. The van der Waals surface area contributed by atoms with Gasteiger partial charge >= 0.3 is 0 Å². The molecule has 2 heterocycles. The predicted octanol–water partition coefficient (Wildman–Crippen LogP) is 6.79. The Hall–Kier alpha value is -2.79. The van der Waals surface area contributed by atoms with E-state index in [9.17, 15) is 0 Å². The normalized spacial score (nSPS) is 12.2. The molecule has 1 N–H and O–H groups in total. The topological polar surface area (TPSA) is 46.5 Å². The summed E-state index contributed by atoms with van der Waals surface area (Å²) in [4.78, 5) is 8.54. The summed E-state index contributed by atoms with van der Waals surface area (Å²) in [5.41, 5.74) is 6.65. The van der Waals surface area contributed by atoms with Crippen molar-refractivity contribution in [3.05, 3.63) is 83.9 Å². The number of hydrogen-bond acceptors (Lipinski definition) is 3. The van der Waals surface area contributed by atoms with Crippen LogP contribution in [0.1, 0.15) is 48.1 Å². The number of imidazole rings is 1. The van der Waals surface area contributed by atoms with Crippen LogP contribution in [0.3, 0.4) is 0 Å². The SMILES string of the molecule is Cc1cc(C)n(CCCCCC(S)c2nc(-c3ccccc3)c(-c3ccccc3)[nH]2)n1. The lowest BCUT2D eigenvalue weighted by atomic mass is 10.1. The second kappa shape index (κ2) is 10.0. The Labute approximate surface area is 190 Å². The fraction of sp³-hybridized carbons (Fsp3) is 0.308. The van der Waals surface area contributed by atoms with Crippen LogP contribution in [0.2, 0.25) is 0 Å². The number of aromatic nitrogens is 4. The maximum Gasteiger partial charge on any atom is 0.120 e. The Morgan fingerprint density at radius 3 is 2.23 bits per heavy atom. The minimum atomic E-state index is 0.0913. The van der Waals surface area contributed by atoms with E-state index in [0.717, 1.165) is 66.3 Å². The molecule has 0 bridgehead atoms. The average Bonchev–Trinajstić information content (AvgIpc) is 3.38. The van der Waals surface area contributed by atoms with Crippen LogP contribution in [0, 0.1) is 13.8 Å². The summed E-state index contributed by atoms with van der Waals surface area (Å²) in [6.45, 7) is 5.15. The number of H-pyrrole nitrogens is 1. The molecule has 4 aromatic rings. The zero-order valence-corrected chi connectivity index (χ0v) is 19.1. The maximum atomic E-state index is 4.97. The first-order valence-electron chi connectivity index (χ1n) is 11.0. The summed E-state index contributed by atoms with van der Waals surface area (Å²) in [6, 6.07) is 22.9. The molecule has 0 radical (unpaired) electrons. The maximum absolute atomic E-state index is 4.97. The molecule has 0 aliphatic carbocycles. The van der Waals surface area contributed by atoms with Crippen LogP contribution in [0.25, 0.3) is 22.5 Å². The van der Waals surface area contributed by atoms with Crippen molar-refractivity contribution in [3.8, 4) is 22.5 Å². The van der Waals surface area contributed by atoms with Crippen molar-refractivity contribution in [2.75, 3.05) is 0 Å². The molecule has 4 rings (SSSR count). The van der Waals surface area contributed by atoms with E-state index in [1.54, 1.807) is 0 Å². The number of aromatic amines is 1. The highest BCUT2D eigenvalue weighted by molar-refractivity contribution is 7.80. The third-order valence-corrected chi connectivity index (χ3v) is 6.10. The molecule has 2 aromatic carbocycles. The first-order valence-corrected chi connectivity index (χ1v) is 11.5. The average molecular weight is 431 g/mol. The molecule has 31 heavy (non-hydrogen) atoms. The summed E-state index contributed by atoms with van der Waals surface area (Å²) < 4.78 is 2.11. The molecular formula is C26H30N4S. The van der Waals surface area contributed by atoms with E-state index < -0.39 is 0 Å². The number of thiol groups is 1. The molecule has 0 aliphatic rings. The number of rotatable bonds is 9. The molecule has 5 heteroatoms. The van der Waals surface area contributed by atoms with E-state index in [1.165, 1.54) is 5.69 Å². The quantitative estimate of drug-likeness (QED) is 0.227. The number of aryl methyl sites for hydroxylation is 3. The number of nitrogens with zero attached hydrogens (tertiary/aromatic N) is 3. The minimum Gasteiger partial charge on any atom is -0.341 e. The molecule has 0 aliphatic heterocycles. The van der Waals surface area contributed by atoms with Gasteiger partial charge in [0.25, 0.3) is 0 Å². The first kappa shape index (κ1) is 21.4. The summed E-state index contributed by atoms with van der Waals surface area (Å²) in [7, 11) is 0. The molecular weight excluding hydrogens is 400 g/mol. The molecule has 1 atom stereocenters. The van der Waals surface area contributed by atoms with Crippen molar-refractivity contribution < 1.29 is 0 Å². The Kier molecular flexibility index (Phi) is 6.92. The van der Waals surface area contributed by atoms with Crippen molar-refractivity contribution in [1.82, 2.24) is 19.7 Å². The van der Waals surface area contributed by atoms with Gasteiger partial charge in [-0.15, -0.1) is 0 Å². The Bertz CT molecular complexity index is 1040. The van der Waals surface area contributed by atoms with Gasteiger partial charge in [-0.25, -0.2) is 4.98 Å². The highest BCUT2D eigenvalue weighted by Crippen LogP contribution is 2.34. The van der Waals surface area contributed by atoms with E-state index in [-0.39, 0.29) is 5.25 Å². The Morgan fingerprint density at radius 2 is 1.58 bits per heavy atom. The summed E-state index contributed by atoms with van der Waals surface area (Å²) in [5.74, 6) is 0.944. The lowest BCUT2D eigenvalue weighted by molar-refractivity contribution is 0.522. The van der Waals surface area contributed by atoms with Crippen molar-refractivity contribution in [2.45, 2.75) is 51.3 Å². The van der Waals surface area contributed by atoms with E-state index in [1.807, 2.05) is 19.1 Å². The van der Waals surface area contributed by atoms with Crippen LogP contribution in [0.5, 0.6) is 0 Å². The van der Waals surface area contributed by atoms with Crippen LogP contribution in [0.15, 0.2) is 66.7 Å².